The number of piperazine rings is 1. The van der Waals surface area contributed by atoms with Crippen LogP contribution < -0.4 is 16.0 Å². The van der Waals surface area contributed by atoms with Gasteiger partial charge in [-0.15, -0.1) is 0 Å². The smallest absolute Gasteiger partial charge is 0.253 e. The van der Waals surface area contributed by atoms with Crippen molar-refractivity contribution in [3.63, 3.8) is 0 Å². The standard InChI is InChI=1S/C22H27N5OS/c23-19-9-3-1-7-17(19)22(28)24-11-5-6-12-26-13-15-27(16-14-26)21-18-8-2-4-10-20(18)29-25-21/h1-4,7-10H,5-6,11-16,23H2,(H,24,28)/i21+2. The van der Waals surface area contributed by atoms with E-state index in [9.17, 15) is 4.79 Å². The maximum absolute atomic E-state index is 12.2. The molecule has 4 rings (SSSR count). The van der Waals surface area contributed by atoms with Gasteiger partial charge in [-0.25, -0.2) is 0 Å². The first-order valence-corrected chi connectivity index (χ1v) is 10.9. The summed E-state index contributed by atoms with van der Waals surface area (Å²) in [7, 11) is 0. The predicted molar refractivity (Wildman–Crippen MR) is 121 cm³/mol. The minimum absolute atomic E-state index is 0.0906. The van der Waals surface area contributed by atoms with E-state index in [0.717, 1.165) is 51.4 Å². The fourth-order valence-electron chi connectivity index (χ4n) is 3.75. The Morgan fingerprint density at radius 1 is 1.07 bits per heavy atom. The summed E-state index contributed by atoms with van der Waals surface area (Å²) in [6.45, 7) is 5.87. The molecule has 1 amide bonds. The van der Waals surface area contributed by atoms with Crippen molar-refractivity contribution >= 4 is 39.0 Å². The number of fused-ring (bicyclic) bond motifs is 1. The Kier molecular flexibility index (Phi) is 6.27. The summed E-state index contributed by atoms with van der Waals surface area (Å²) in [6, 6.07) is 15.6. The van der Waals surface area contributed by atoms with Crippen LogP contribution in [-0.4, -0.2) is 54.4 Å². The number of benzene rings is 2. The molecule has 29 heavy (non-hydrogen) atoms. The highest BCUT2D eigenvalue weighted by molar-refractivity contribution is 7.13. The molecule has 1 aliphatic heterocycles. The van der Waals surface area contributed by atoms with Crippen LogP contribution in [0.4, 0.5) is 11.5 Å². The molecule has 3 aromatic rings. The third kappa shape index (κ3) is 4.68. The zero-order valence-corrected chi connectivity index (χ0v) is 17.3. The average molecular weight is 412 g/mol. The number of nitrogen functional groups attached to an aromatic ring is 1. The summed E-state index contributed by atoms with van der Waals surface area (Å²) in [5, 5.41) is 4.23. The maximum Gasteiger partial charge on any atom is 0.253 e. The largest absolute Gasteiger partial charge is 0.398 e. The van der Waals surface area contributed by atoms with Gasteiger partial charge in [-0.3, -0.25) is 9.69 Å². The Bertz CT molecular complexity index is 965. The van der Waals surface area contributed by atoms with Crippen molar-refractivity contribution in [3.05, 3.63) is 54.1 Å². The molecular formula is C22H27N5OS. The second-order valence-electron chi connectivity index (χ2n) is 7.38. The summed E-state index contributed by atoms with van der Waals surface area (Å²) in [5.74, 6) is 1.04. The van der Waals surface area contributed by atoms with E-state index in [1.54, 1.807) is 23.7 Å². The molecule has 0 saturated carbocycles. The van der Waals surface area contributed by atoms with E-state index in [-0.39, 0.29) is 5.91 Å². The molecule has 152 valence electrons. The number of nitrogens with one attached hydrogen (secondary N) is 1. The molecule has 2 heterocycles. The van der Waals surface area contributed by atoms with E-state index < -0.39 is 0 Å². The van der Waals surface area contributed by atoms with Gasteiger partial charge in [0.15, 0.2) is 0 Å². The summed E-state index contributed by atoms with van der Waals surface area (Å²) in [6.07, 6.45) is 2.04. The summed E-state index contributed by atoms with van der Waals surface area (Å²) in [5.41, 5.74) is 6.93. The van der Waals surface area contributed by atoms with Gasteiger partial charge in [0.05, 0.1) is 10.3 Å². The molecule has 0 unspecified atom stereocenters. The molecule has 1 saturated heterocycles. The fourth-order valence-corrected chi connectivity index (χ4v) is 4.54. The van der Waals surface area contributed by atoms with Crippen molar-refractivity contribution in [1.82, 2.24) is 14.6 Å². The Balaban J connectivity index is 1.16. The number of anilines is 2. The third-order valence-corrected chi connectivity index (χ3v) is 6.24. The zero-order chi connectivity index (χ0) is 20.1. The fraction of sp³-hybridized carbons (Fsp3) is 0.364. The summed E-state index contributed by atoms with van der Waals surface area (Å²) < 4.78 is 5.93. The summed E-state index contributed by atoms with van der Waals surface area (Å²) in [4.78, 5) is 17.1. The van der Waals surface area contributed by atoms with Crippen molar-refractivity contribution < 1.29 is 4.79 Å². The van der Waals surface area contributed by atoms with Crippen LogP contribution in [0.25, 0.3) is 10.1 Å². The number of rotatable bonds is 7. The number of amides is 1. The number of aromatic nitrogens is 1. The predicted octanol–water partition coefficient (Wildman–Crippen LogP) is 3.21. The molecule has 1 aliphatic rings. The van der Waals surface area contributed by atoms with Crippen LogP contribution in [0.5, 0.6) is 0 Å². The molecule has 0 radical (unpaired) electrons. The lowest BCUT2D eigenvalue weighted by Crippen LogP contribution is -2.46. The highest BCUT2D eigenvalue weighted by Crippen LogP contribution is 2.29. The maximum atomic E-state index is 12.2. The molecular weight excluding hydrogens is 384 g/mol. The second-order valence-corrected chi connectivity index (χ2v) is 8.19. The van der Waals surface area contributed by atoms with E-state index >= 15 is 0 Å². The number of nitrogens with zero attached hydrogens (tertiary/aromatic N) is 3. The minimum Gasteiger partial charge on any atom is -0.398 e. The molecule has 1 aromatic heterocycles. The molecule has 0 aliphatic carbocycles. The van der Waals surface area contributed by atoms with E-state index in [0.29, 0.717) is 17.8 Å². The number of carbonyl (C=O) groups excluding carboxylic acids is 1. The van der Waals surface area contributed by atoms with Crippen molar-refractivity contribution in [2.75, 3.05) is 49.9 Å². The van der Waals surface area contributed by atoms with Crippen LogP contribution in [0.2, 0.25) is 0 Å². The highest BCUT2D eigenvalue weighted by Gasteiger charge is 2.20. The zero-order valence-electron chi connectivity index (χ0n) is 16.5. The Hall–Kier alpha value is -2.64. The van der Waals surface area contributed by atoms with Crippen molar-refractivity contribution in [3.8, 4) is 0 Å². The van der Waals surface area contributed by atoms with E-state index in [1.165, 1.54) is 10.1 Å². The Morgan fingerprint density at radius 3 is 2.66 bits per heavy atom. The first-order chi connectivity index (χ1) is 14.2. The topological polar surface area (TPSA) is 74.5 Å². The van der Waals surface area contributed by atoms with Gasteiger partial charge in [0.2, 0.25) is 0 Å². The SMILES string of the molecule is Nc1ccccc1C(=O)NCCCCN1CCN([14c]2nsc3ccccc32)CC1. The van der Waals surface area contributed by atoms with Gasteiger partial charge in [0.25, 0.3) is 5.91 Å². The van der Waals surface area contributed by atoms with Gasteiger partial charge in [-0.1, -0.05) is 24.3 Å². The molecule has 7 heteroatoms. The van der Waals surface area contributed by atoms with Crippen LogP contribution in [0, 0.1) is 0 Å². The molecule has 2 aromatic carbocycles. The van der Waals surface area contributed by atoms with Crippen LogP contribution in [-0.2, 0) is 0 Å². The first-order valence-electron chi connectivity index (χ1n) is 10.2. The number of para-hydroxylation sites is 1. The lowest BCUT2D eigenvalue weighted by atomic mass is 10.1. The molecule has 0 bridgehead atoms. The lowest BCUT2D eigenvalue weighted by molar-refractivity contribution is 0.0953. The molecule has 0 spiro atoms. The van der Waals surface area contributed by atoms with Crippen LogP contribution in [0.15, 0.2) is 48.5 Å². The van der Waals surface area contributed by atoms with Gasteiger partial charge in [0, 0.05) is 43.8 Å². The molecule has 0 atom stereocenters. The first kappa shape index (κ1) is 19.7. The summed E-state index contributed by atoms with van der Waals surface area (Å²) >= 11 is 1.58. The number of hydrogen-bond donors (Lipinski definition) is 2. The molecule has 1 fully saturated rings. The number of nitrogens with two attached hydrogens (primary N) is 1. The third-order valence-electron chi connectivity index (χ3n) is 5.42. The van der Waals surface area contributed by atoms with Crippen molar-refractivity contribution in [2.24, 2.45) is 0 Å². The number of unbranched alkanes of at least 4 members (excludes halogenated alkanes) is 1. The normalized spacial score (nSPS) is 15.0. The van der Waals surface area contributed by atoms with Crippen molar-refractivity contribution in [2.45, 2.75) is 12.8 Å². The Morgan fingerprint density at radius 2 is 1.83 bits per heavy atom. The van der Waals surface area contributed by atoms with Gasteiger partial charge in [0.1, 0.15) is 5.82 Å². The van der Waals surface area contributed by atoms with Crippen LogP contribution >= 0.6 is 11.5 Å². The second kappa shape index (κ2) is 9.24. The van der Waals surface area contributed by atoms with Gasteiger partial charge in [-0.05, 0) is 55.2 Å². The Labute approximate surface area is 175 Å². The highest BCUT2D eigenvalue weighted by atomic mass is 32.1. The van der Waals surface area contributed by atoms with E-state index in [1.807, 2.05) is 12.1 Å². The number of carbonyl (C=O) groups is 1. The average Bonchev–Trinajstić information content (AvgIpc) is 3.18. The van der Waals surface area contributed by atoms with Crippen molar-refractivity contribution in [1.29, 1.82) is 0 Å². The van der Waals surface area contributed by atoms with Gasteiger partial charge < -0.3 is 16.0 Å². The number of hydrogen-bond acceptors (Lipinski definition) is 6. The molecule has 3 N–H and O–H groups in total. The van der Waals surface area contributed by atoms with Crippen LogP contribution in [0.3, 0.4) is 0 Å². The van der Waals surface area contributed by atoms with Crippen LogP contribution in [0.1, 0.15) is 23.2 Å². The monoisotopic (exact) mass is 411 g/mol. The molecule has 6 nitrogen and oxygen atoms in total. The van der Waals surface area contributed by atoms with Gasteiger partial charge >= 0.3 is 0 Å². The quantitative estimate of drug-likeness (QED) is 0.461. The minimum atomic E-state index is -0.0906. The van der Waals surface area contributed by atoms with E-state index in [4.69, 9.17) is 5.73 Å². The van der Waals surface area contributed by atoms with Gasteiger partial charge in [-0.2, -0.15) is 4.37 Å². The van der Waals surface area contributed by atoms with E-state index in [2.05, 4.69) is 43.8 Å². The lowest BCUT2D eigenvalue weighted by Gasteiger charge is -2.35.